The van der Waals surface area contributed by atoms with Gasteiger partial charge in [0.1, 0.15) is 11.6 Å². The van der Waals surface area contributed by atoms with E-state index < -0.39 is 11.9 Å². The molecule has 1 aromatic rings. The highest BCUT2D eigenvalue weighted by atomic mass is 19.1. The number of Topliss-reactive ketones (excluding diaryl/α,β-unsaturated/α-hetero) is 1. The third-order valence-corrected chi connectivity index (χ3v) is 3.33. The van der Waals surface area contributed by atoms with Crippen molar-refractivity contribution in [2.45, 2.75) is 52.7 Å². The van der Waals surface area contributed by atoms with Gasteiger partial charge in [-0.1, -0.05) is 13.8 Å². The Morgan fingerprint density at radius 1 is 1.29 bits per heavy atom. The molecular weight excluding hydrogens is 273 g/mol. The number of halogens is 1. The maximum absolute atomic E-state index is 13.7. The molecule has 0 aliphatic rings. The first-order valence-corrected chi connectivity index (χ1v) is 7.16. The molecule has 5 heteroatoms. The first-order valence-electron chi connectivity index (χ1n) is 7.16. The number of benzene rings is 1. The van der Waals surface area contributed by atoms with E-state index in [-0.39, 0.29) is 29.0 Å². The number of carbonyl (C=O) groups excluding carboxylic acids is 2. The SMILES string of the molecule is CCC(CC)NC(=O)C(C)Oc1ccc(C(C)=O)c(F)c1. The molecule has 0 heterocycles. The van der Waals surface area contributed by atoms with E-state index in [9.17, 15) is 14.0 Å². The van der Waals surface area contributed by atoms with Gasteiger partial charge in [-0.05, 0) is 38.8 Å². The summed E-state index contributed by atoms with van der Waals surface area (Å²) in [7, 11) is 0. The van der Waals surface area contributed by atoms with Crippen molar-refractivity contribution in [3.63, 3.8) is 0 Å². The standard InChI is InChI=1S/C16H22FNO3/c1-5-12(6-2)18-16(20)11(4)21-13-7-8-14(10(3)19)15(17)9-13/h7-9,11-12H,5-6H2,1-4H3,(H,18,20). The fourth-order valence-electron chi connectivity index (χ4n) is 1.92. The number of carbonyl (C=O) groups is 2. The van der Waals surface area contributed by atoms with E-state index in [2.05, 4.69) is 5.32 Å². The summed E-state index contributed by atoms with van der Waals surface area (Å²) in [5, 5.41) is 2.87. The topological polar surface area (TPSA) is 55.4 Å². The van der Waals surface area contributed by atoms with Crippen LogP contribution in [0.5, 0.6) is 5.75 Å². The molecule has 0 spiro atoms. The largest absolute Gasteiger partial charge is 0.481 e. The molecule has 0 saturated heterocycles. The smallest absolute Gasteiger partial charge is 0.260 e. The van der Waals surface area contributed by atoms with Gasteiger partial charge in [-0.3, -0.25) is 9.59 Å². The van der Waals surface area contributed by atoms with E-state index in [1.165, 1.54) is 19.1 Å². The Morgan fingerprint density at radius 2 is 1.90 bits per heavy atom. The van der Waals surface area contributed by atoms with Crippen LogP contribution in [-0.4, -0.2) is 23.8 Å². The Labute approximate surface area is 124 Å². The molecule has 0 fully saturated rings. The third kappa shape index (κ3) is 4.85. The zero-order chi connectivity index (χ0) is 16.0. The third-order valence-electron chi connectivity index (χ3n) is 3.33. The second-order valence-electron chi connectivity index (χ2n) is 4.98. The highest BCUT2D eigenvalue weighted by Gasteiger charge is 2.18. The van der Waals surface area contributed by atoms with Gasteiger partial charge in [-0.2, -0.15) is 0 Å². The first kappa shape index (κ1) is 17.1. The maximum Gasteiger partial charge on any atom is 0.260 e. The van der Waals surface area contributed by atoms with Gasteiger partial charge >= 0.3 is 0 Å². The van der Waals surface area contributed by atoms with Gasteiger partial charge in [0.25, 0.3) is 5.91 Å². The Kier molecular flexibility index (Phi) is 6.34. The lowest BCUT2D eigenvalue weighted by molar-refractivity contribution is -0.128. The van der Waals surface area contributed by atoms with Crippen molar-refractivity contribution in [3.05, 3.63) is 29.6 Å². The molecule has 0 bridgehead atoms. The molecule has 1 N–H and O–H groups in total. The van der Waals surface area contributed by atoms with Crippen LogP contribution in [0.25, 0.3) is 0 Å². The summed E-state index contributed by atoms with van der Waals surface area (Å²) in [4.78, 5) is 23.1. The Bertz CT molecular complexity index is 512. The van der Waals surface area contributed by atoms with E-state index in [0.717, 1.165) is 18.9 Å². The zero-order valence-electron chi connectivity index (χ0n) is 12.9. The fraction of sp³-hybridized carbons (Fsp3) is 0.500. The van der Waals surface area contributed by atoms with E-state index >= 15 is 0 Å². The fourth-order valence-corrected chi connectivity index (χ4v) is 1.92. The van der Waals surface area contributed by atoms with Gasteiger partial charge in [0.2, 0.25) is 0 Å². The second kappa shape index (κ2) is 7.76. The predicted molar refractivity (Wildman–Crippen MR) is 79.0 cm³/mol. The minimum atomic E-state index is -0.729. The summed E-state index contributed by atoms with van der Waals surface area (Å²) < 4.78 is 19.1. The summed E-state index contributed by atoms with van der Waals surface area (Å²) in [5.41, 5.74) is 0.0106. The van der Waals surface area contributed by atoms with Crippen LogP contribution in [0, 0.1) is 5.82 Å². The number of ether oxygens (including phenoxy) is 1. The molecule has 0 radical (unpaired) electrons. The van der Waals surface area contributed by atoms with Crippen LogP contribution in [0.1, 0.15) is 50.9 Å². The number of ketones is 1. The number of amides is 1. The summed E-state index contributed by atoms with van der Waals surface area (Å²) in [5.74, 6) is -1.00. The number of hydrogen-bond acceptors (Lipinski definition) is 3. The van der Waals surface area contributed by atoms with Crippen molar-refractivity contribution in [1.82, 2.24) is 5.32 Å². The molecule has 1 rings (SSSR count). The van der Waals surface area contributed by atoms with Crippen LogP contribution in [0.2, 0.25) is 0 Å². The molecule has 116 valence electrons. The van der Waals surface area contributed by atoms with Crippen LogP contribution in [-0.2, 0) is 4.79 Å². The molecule has 0 aromatic heterocycles. The Morgan fingerprint density at radius 3 is 2.38 bits per heavy atom. The number of nitrogens with one attached hydrogen (secondary N) is 1. The van der Waals surface area contributed by atoms with E-state index in [1.807, 2.05) is 13.8 Å². The quantitative estimate of drug-likeness (QED) is 0.786. The molecule has 1 aromatic carbocycles. The van der Waals surface area contributed by atoms with Crippen molar-refractivity contribution >= 4 is 11.7 Å². The lowest BCUT2D eigenvalue weighted by Crippen LogP contribution is -2.42. The number of hydrogen-bond donors (Lipinski definition) is 1. The molecule has 1 atom stereocenters. The van der Waals surface area contributed by atoms with Crippen molar-refractivity contribution in [1.29, 1.82) is 0 Å². The molecule has 4 nitrogen and oxygen atoms in total. The van der Waals surface area contributed by atoms with E-state index in [4.69, 9.17) is 4.74 Å². The number of rotatable bonds is 7. The molecule has 1 amide bonds. The van der Waals surface area contributed by atoms with E-state index in [0.29, 0.717) is 0 Å². The molecule has 1 unspecified atom stereocenters. The monoisotopic (exact) mass is 295 g/mol. The van der Waals surface area contributed by atoms with Crippen LogP contribution in [0.15, 0.2) is 18.2 Å². The normalized spacial score (nSPS) is 12.1. The predicted octanol–water partition coefficient (Wildman–Crippen LogP) is 3.10. The van der Waals surface area contributed by atoms with Gasteiger partial charge in [-0.15, -0.1) is 0 Å². The van der Waals surface area contributed by atoms with Gasteiger partial charge < -0.3 is 10.1 Å². The minimum absolute atomic E-state index is 0.0106. The molecule has 0 aliphatic heterocycles. The zero-order valence-corrected chi connectivity index (χ0v) is 12.9. The van der Waals surface area contributed by atoms with Crippen LogP contribution in [0.4, 0.5) is 4.39 Å². The van der Waals surface area contributed by atoms with Crippen molar-refractivity contribution < 1.29 is 18.7 Å². The molecule has 21 heavy (non-hydrogen) atoms. The summed E-state index contributed by atoms with van der Waals surface area (Å²) >= 11 is 0. The van der Waals surface area contributed by atoms with Crippen molar-refractivity contribution in [3.8, 4) is 5.75 Å². The molecule has 0 saturated carbocycles. The Balaban J connectivity index is 2.70. The average Bonchev–Trinajstić information content (AvgIpc) is 2.44. The molecular formula is C16H22FNO3. The highest BCUT2D eigenvalue weighted by Crippen LogP contribution is 2.18. The van der Waals surface area contributed by atoms with Gasteiger partial charge in [0, 0.05) is 12.1 Å². The summed E-state index contributed by atoms with van der Waals surface area (Å²) in [6.07, 6.45) is 0.960. The van der Waals surface area contributed by atoms with Crippen molar-refractivity contribution in [2.24, 2.45) is 0 Å². The van der Waals surface area contributed by atoms with Gasteiger partial charge in [-0.25, -0.2) is 4.39 Å². The first-order chi connectivity index (χ1) is 9.88. The maximum atomic E-state index is 13.7. The lowest BCUT2D eigenvalue weighted by atomic mass is 10.1. The van der Waals surface area contributed by atoms with Gasteiger partial charge in [0.15, 0.2) is 11.9 Å². The van der Waals surface area contributed by atoms with Gasteiger partial charge in [0.05, 0.1) is 5.56 Å². The van der Waals surface area contributed by atoms with Crippen molar-refractivity contribution in [2.75, 3.05) is 0 Å². The molecule has 0 aliphatic carbocycles. The van der Waals surface area contributed by atoms with Crippen LogP contribution >= 0.6 is 0 Å². The minimum Gasteiger partial charge on any atom is -0.481 e. The summed E-state index contributed by atoms with van der Waals surface area (Å²) in [6, 6.07) is 4.08. The average molecular weight is 295 g/mol. The Hall–Kier alpha value is -1.91. The van der Waals surface area contributed by atoms with E-state index in [1.54, 1.807) is 6.92 Å². The second-order valence-corrected chi connectivity index (χ2v) is 4.98. The summed E-state index contributed by atoms with van der Waals surface area (Å²) in [6.45, 7) is 6.89. The van der Waals surface area contributed by atoms with Crippen LogP contribution in [0.3, 0.4) is 0 Å². The lowest BCUT2D eigenvalue weighted by Gasteiger charge is -2.19. The highest BCUT2D eigenvalue weighted by molar-refractivity contribution is 5.94. The van der Waals surface area contributed by atoms with Crippen LogP contribution < -0.4 is 10.1 Å².